The van der Waals surface area contributed by atoms with Gasteiger partial charge in [-0.3, -0.25) is 0 Å². The molecule has 0 fully saturated rings. The highest BCUT2D eigenvalue weighted by Crippen LogP contribution is 2.30. The smallest absolute Gasteiger partial charge is 0.325 e. The lowest BCUT2D eigenvalue weighted by Gasteiger charge is -2.06. The molecule has 0 saturated carbocycles. The number of para-hydroxylation sites is 1. The summed E-state index contributed by atoms with van der Waals surface area (Å²) in [5, 5.41) is 0. The highest BCUT2D eigenvalue weighted by molar-refractivity contribution is 7.17. The van der Waals surface area contributed by atoms with Crippen molar-refractivity contribution in [1.29, 1.82) is 0 Å². The summed E-state index contributed by atoms with van der Waals surface area (Å²) < 4.78 is 14.6. The van der Waals surface area contributed by atoms with Crippen molar-refractivity contribution >= 4 is 8.69 Å². The van der Waals surface area contributed by atoms with E-state index in [0.29, 0.717) is 5.75 Å². The molecule has 4 heteroatoms. The Morgan fingerprint density at radius 2 is 1.56 bits per heavy atom. The highest BCUT2D eigenvalue weighted by Gasteiger charge is 2.05. The lowest BCUT2D eigenvalue weighted by Crippen LogP contribution is -1.89. The van der Waals surface area contributed by atoms with Gasteiger partial charge in [0.2, 0.25) is 0 Å². The van der Waals surface area contributed by atoms with Crippen LogP contribution in [0.3, 0.4) is 0 Å². The third-order valence-corrected chi connectivity index (χ3v) is 2.26. The zero-order valence-corrected chi connectivity index (χ0v) is 9.26. The molecule has 0 spiro atoms. The molecule has 0 amide bonds. The van der Waals surface area contributed by atoms with Gasteiger partial charge in [0.1, 0.15) is 0 Å². The van der Waals surface area contributed by atoms with Crippen LogP contribution in [0.2, 0.25) is 0 Å². The molecule has 0 heterocycles. The maximum atomic E-state index is 10.2. The molecule has 0 aliphatic rings. The van der Waals surface area contributed by atoms with E-state index < -0.39 is 8.69 Å². The van der Waals surface area contributed by atoms with Gasteiger partial charge in [0, 0.05) is 5.56 Å². The summed E-state index contributed by atoms with van der Waals surface area (Å²) in [5.74, 6) is 0.539. The van der Waals surface area contributed by atoms with Crippen molar-refractivity contribution in [3.8, 4) is 16.9 Å². The molecule has 0 atom stereocenters. The van der Waals surface area contributed by atoms with Gasteiger partial charge in [0.05, 0.1) is 0 Å². The summed E-state index contributed by atoms with van der Waals surface area (Å²) in [7, 11) is -0.503. The second kappa shape index (κ2) is 5.40. The van der Waals surface area contributed by atoms with Crippen molar-refractivity contribution in [3.63, 3.8) is 0 Å². The van der Waals surface area contributed by atoms with E-state index in [1.54, 1.807) is 6.07 Å². The Hall–Kier alpha value is -1.70. The second-order valence-corrected chi connectivity index (χ2v) is 3.39. The fourth-order valence-corrected chi connectivity index (χ4v) is 1.56. The lowest BCUT2D eigenvalue weighted by molar-refractivity contribution is -0.0860. The van der Waals surface area contributed by atoms with Crippen molar-refractivity contribution in [2.75, 3.05) is 0 Å². The Morgan fingerprint density at radius 1 is 0.875 bits per heavy atom. The van der Waals surface area contributed by atoms with Gasteiger partial charge in [-0.15, -0.1) is 0 Å². The lowest BCUT2D eigenvalue weighted by atomic mass is 10.1. The maximum Gasteiger partial charge on any atom is 0.372 e. The highest BCUT2D eigenvalue weighted by atomic mass is 31.1. The average molecular weight is 232 g/mol. The first-order valence-electron chi connectivity index (χ1n) is 4.72. The number of rotatable bonds is 4. The van der Waals surface area contributed by atoms with Crippen molar-refractivity contribution < 1.29 is 14.1 Å². The Balaban J connectivity index is 2.36. The van der Waals surface area contributed by atoms with Crippen LogP contribution in [0.1, 0.15) is 0 Å². The first-order valence-corrected chi connectivity index (χ1v) is 5.45. The molecule has 80 valence electrons. The Bertz CT molecular complexity index is 471. The fraction of sp³-hybridized carbons (Fsp3) is 0. The summed E-state index contributed by atoms with van der Waals surface area (Å²) in [4.78, 5) is 4.92. The summed E-state index contributed by atoms with van der Waals surface area (Å²) >= 11 is 0. The van der Waals surface area contributed by atoms with Crippen LogP contribution in [0.4, 0.5) is 0 Å². The molecule has 2 rings (SSSR count). The van der Waals surface area contributed by atoms with Crippen LogP contribution >= 0.6 is 8.69 Å². The van der Waals surface area contributed by atoms with Gasteiger partial charge in [-0.05, 0) is 11.6 Å². The summed E-state index contributed by atoms with van der Waals surface area (Å²) in [6.45, 7) is 0. The molecule has 0 aromatic heterocycles. The molecular weight excluding hydrogens is 223 g/mol. The Morgan fingerprint density at radius 3 is 2.31 bits per heavy atom. The monoisotopic (exact) mass is 232 g/mol. The minimum atomic E-state index is -0.503. The van der Waals surface area contributed by atoms with Crippen molar-refractivity contribution in [2.24, 2.45) is 0 Å². The quantitative estimate of drug-likeness (QED) is 0.456. The molecule has 0 aliphatic heterocycles. The molecule has 3 nitrogen and oxygen atoms in total. The van der Waals surface area contributed by atoms with E-state index in [9.17, 15) is 4.57 Å². The fourth-order valence-electron chi connectivity index (χ4n) is 1.45. The molecular formula is C12H9O3P. The normalized spacial score (nSPS) is 10.2. The molecule has 0 saturated heterocycles. The largest absolute Gasteiger partial charge is 0.372 e. The van der Waals surface area contributed by atoms with Crippen molar-refractivity contribution in [3.05, 3.63) is 54.6 Å². The van der Waals surface area contributed by atoms with E-state index in [1.807, 2.05) is 48.5 Å². The van der Waals surface area contributed by atoms with Crippen molar-refractivity contribution in [1.82, 2.24) is 0 Å². The van der Waals surface area contributed by atoms with E-state index in [2.05, 4.69) is 4.67 Å². The SMILES string of the molecule is O=POOc1ccccc1-c1ccccc1. The van der Waals surface area contributed by atoms with Gasteiger partial charge in [0.25, 0.3) is 0 Å². The Kier molecular flexibility index (Phi) is 3.65. The predicted molar refractivity (Wildman–Crippen MR) is 61.2 cm³/mol. The first-order chi connectivity index (χ1) is 7.92. The second-order valence-electron chi connectivity index (χ2n) is 3.09. The molecule has 0 bridgehead atoms. The van der Waals surface area contributed by atoms with Crippen LogP contribution in [0.25, 0.3) is 11.1 Å². The van der Waals surface area contributed by atoms with Gasteiger partial charge >= 0.3 is 8.69 Å². The zero-order valence-electron chi connectivity index (χ0n) is 8.37. The van der Waals surface area contributed by atoms with Gasteiger partial charge in [-0.2, -0.15) is 0 Å². The van der Waals surface area contributed by atoms with Gasteiger partial charge in [0.15, 0.2) is 5.75 Å². The third kappa shape index (κ3) is 2.45. The van der Waals surface area contributed by atoms with Crippen LogP contribution in [-0.2, 0) is 9.24 Å². The van der Waals surface area contributed by atoms with Crippen LogP contribution in [0.15, 0.2) is 54.6 Å². The molecule has 0 unspecified atom stereocenters. The van der Waals surface area contributed by atoms with Gasteiger partial charge in [-0.1, -0.05) is 53.2 Å². The topological polar surface area (TPSA) is 35.5 Å². The minimum absolute atomic E-state index is 0.503. The van der Waals surface area contributed by atoms with E-state index in [0.717, 1.165) is 11.1 Å². The predicted octanol–water partition coefficient (Wildman–Crippen LogP) is 3.87. The van der Waals surface area contributed by atoms with E-state index in [-0.39, 0.29) is 0 Å². The minimum Gasteiger partial charge on any atom is -0.325 e. The first kappa shape index (κ1) is 10.8. The molecule has 2 aromatic carbocycles. The van der Waals surface area contributed by atoms with Crippen molar-refractivity contribution in [2.45, 2.75) is 0 Å². The molecule has 0 radical (unpaired) electrons. The maximum absolute atomic E-state index is 10.2. The Labute approximate surface area is 94.9 Å². The zero-order chi connectivity index (χ0) is 11.2. The number of benzene rings is 2. The van der Waals surface area contributed by atoms with E-state index in [1.165, 1.54) is 0 Å². The van der Waals surface area contributed by atoms with Crippen LogP contribution in [-0.4, -0.2) is 0 Å². The molecule has 2 aromatic rings. The van der Waals surface area contributed by atoms with Crippen LogP contribution in [0, 0.1) is 0 Å². The molecule has 0 N–H and O–H groups in total. The molecule has 0 aliphatic carbocycles. The number of hydrogen-bond donors (Lipinski definition) is 0. The van der Waals surface area contributed by atoms with Gasteiger partial charge < -0.3 is 4.89 Å². The summed E-state index contributed by atoms with van der Waals surface area (Å²) in [6, 6.07) is 17.2. The average Bonchev–Trinajstić information content (AvgIpc) is 2.38. The third-order valence-electron chi connectivity index (χ3n) is 2.13. The summed E-state index contributed by atoms with van der Waals surface area (Å²) in [6.07, 6.45) is 0. The van der Waals surface area contributed by atoms with Crippen LogP contribution in [0.5, 0.6) is 5.75 Å². The van der Waals surface area contributed by atoms with Gasteiger partial charge in [-0.25, -0.2) is 4.57 Å². The number of hydrogen-bond acceptors (Lipinski definition) is 3. The summed E-state index contributed by atoms with van der Waals surface area (Å²) in [5.41, 5.74) is 1.91. The van der Waals surface area contributed by atoms with E-state index >= 15 is 0 Å². The van der Waals surface area contributed by atoms with E-state index in [4.69, 9.17) is 4.89 Å². The molecule has 16 heavy (non-hydrogen) atoms. The standard InChI is InChI=1S/C12H9O3P/c13-16-15-14-12-9-5-4-8-11(12)10-6-2-1-3-7-10/h1-9H. The van der Waals surface area contributed by atoms with Crippen LogP contribution < -0.4 is 4.89 Å².